The Morgan fingerprint density at radius 1 is 1.42 bits per heavy atom. The van der Waals surface area contributed by atoms with Crippen LogP contribution in [0.25, 0.3) is 0 Å². The van der Waals surface area contributed by atoms with Crippen LogP contribution in [0.3, 0.4) is 0 Å². The predicted octanol–water partition coefficient (Wildman–Crippen LogP) is 1.57. The molecule has 0 aromatic heterocycles. The highest BCUT2D eigenvalue weighted by Gasteiger charge is 2.32. The van der Waals surface area contributed by atoms with Gasteiger partial charge in [0.1, 0.15) is 5.75 Å². The highest BCUT2D eigenvalue weighted by molar-refractivity contribution is 5.81. The minimum Gasteiger partial charge on any atom is -0.508 e. The van der Waals surface area contributed by atoms with Crippen LogP contribution in [0.2, 0.25) is 0 Å². The predicted molar refractivity (Wildman–Crippen MR) is 74.8 cm³/mol. The van der Waals surface area contributed by atoms with Crippen molar-refractivity contribution < 1.29 is 9.90 Å². The van der Waals surface area contributed by atoms with E-state index in [0.29, 0.717) is 6.42 Å². The fraction of sp³-hybridized carbons (Fsp3) is 0.533. The molecule has 2 rings (SSSR count). The summed E-state index contributed by atoms with van der Waals surface area (Å²) >= 11 is 0. The Labute approximate surface area is 114 Å². The summed E-state index contributed by atoms with van der Waals surface area (Å²) < 4.78 is 0. The van der Waals surface area contributed by atoms with Gasteiger partial charge >= 0.3 is 0 Å². The number of phenolic OH excluding ortho intramolecular Hbond substituents is 1. The third-order valence-corrected chi connectivity index (χ3v) is 3.98. The third-order valence-electron chi connectivity index (χ3n) is 3.98. The van der Waals surface area contributed by atoms with Crippen molar-refractivity contribution in [3.63, 3.8) is 0 Å². The normalized spacial score (nSPS) is 18.4. The Morgan fingerprint density at radius 2 is 2.05 bits per heavy atom. The van der Waals surface area contributed by atoms with Crippen LogP contribution in [0.4, 0.5) is 0 Å². The van der Waals surface area contributed by atoms with Gasteiger partial charge in [0.2, 0.25) is 5.91 Å². The van der Waals surface area contributed by atoms with Crippen molar-refractivity contribution >= 4 is 5.91 Å². The van der Waals surface area contributed by atoms with Gasteiger partial charge in [-0.25, -0.2) is 0 Å². The van der Waals surface area contributed by atoms with Crippen LogP contribution in [0.15, 0.2) is 24.3 Å². The monoisotopic (exact) mass is 262 g/mol. The van der Waals surface area contributed by atoms with Crippen LogP contribution in [0.1, 0.15) is 31.7 Å². The number of amides is 1. The lowest BCUT2D eigenvalue weighted by atomic mass is 9.70. The Hall–Kier alpha value is -1.55. The number of carbonyl (C=O) groups excluding carboxylic acids is 1. The maximum absolute atomic E-state index is 11.9. The molecule has 0 aliphatic heterocycles. The third kappa shape index (κ3) is 3.70. The summed E-state index contributed by atoms with van der Waals surface area (Å²) in [7, 11) is 0. The minimum absolute atomic E-state index is 0.0961. The van der Waals surface area contributed by atoms with E-state index in [1.807, 2.05) is 0 Å². The average molecular weight is 262 g/mol. The first-order valence-electron chi connectivity index (χ1n) is 6.80. The maximum Gasteiger partial charge on any atom is 0.237 e. The van der Waals surface area contributed by atoms with E-state index in [-0.39, 0.29) is 17.1 Å². The summed E-state index contributed by atoms with van der Waals surface area (Å²) in [6.45, 7) is 2.91. The van der Waals surface area contributed by atoms with Crippen molar-refractivity contribution in [2.24, 2.45) is 11.1 Å². The molecule has 0 spiro atoms. The molecule has 1 fully saturated rings. The van der Waals surface area contributed by atoms with Gasteiger partial charge in [-0.3, -0.25) is 4.79 Å². The zero-order valence-corrected chi connectivity index (χ0v) is 11.4. The lowest BCUT2D eigenvalue weighted by molar-refractivity contribution is -0.123. The van der Waals surface area contributed by atoms with Gasteiger partial charge in [0.05, 0.1) is 6.04 Å². The quantitative estimate of drug-likeness (QED) is 0.754. The maximum atomic E-state index is 11.9. The molecule has 0 unspecified atom stereocenters. The van der Waals surface area contributed by atoms with Crippen molar-refractivity contribution in [3.05, 3.63) is 29.8 Å². The molecule has 1 aromatic rings. The molecule has 0 heterocycles. The SMILES string of the molecule is CC1(CNC(=O)[C@H](N)Cc2ccc(O)cc2)CCC1. The molecule has 1 saturated carbocycles. The molecule has 19 heavy (non-hydrogen) atoms. The number of nitrogens with one attached hydrogen (secondary N) is 1. The highest BCUT2D eigenvalue weighted by Crippen LogP contribution is 2.39. The Kier molecular flexibility index (Phi) is 4.10. The first kappa shape index (κ1) is 13.9. The summed E-state index contributed by atoms with van der Waals surface area (Å²) in [6.07, 6.45) is 4.11. The molecule has 4 N–H and O–H groups in total. The summed E-state index contributed by atoms with van der Waals surface area (Å²) in [5, 5.41) is 12.1. The number of phenols is 1. The van der Waals surface area contributed by atoms with E-state index >= 15 is 0 Å². The lowest BCUT2D eigenvalue weighted by Gasteiger charge is -2.38. The molecular weight excluding hydrogens is 240 g/mol. The smallest absolute Gasteiger partial charge is 0.237 e. The second-order valence-electron chi connectivity index (χ2n) is 5.86. The summed E-state index contributed by atoms with van der Waals surface area (Å²) in [5.74, 6) is 0.126. The summed E-state index contributed by atoms with van der Waals surface area (Å²) in [6, 6.07) is 6.25. The van der Waals surface area contributed by atoms with Gasteiger partial charge in [-0.1, -0.05) is 25.5 Å². The van der Waals surface area contributed by atoms with Crippen molar-refractivity contribution in [1.82, 2.24) is 5.32 Å². The van der Waals surface area contributed by atoms with Gasteiger partial charge in [0, 0.05) is 6.54 Å². The number of aromatic hydroxyl groups is 1. The van der Waals surface area contributed by atoms with Crippen LogP contribution < -0.4 is 11.1 Å². The molecule has 1 aliphatic rings. The number of hydrogen-bond donors (Lipinski definition) is 3. The lowest BCUT2D eigenvalue weighted by Crippen LogP contribution is -2.47. The standard InChI is InChI=1S/C15H22N2O2/c1-15(7-2-8-15)10-17-14(19)13(16)9-11-3-5-12(18)6-4-11/h3-6,13,18H,2,7-10,16H2,1H3,(H,17,19)/t13-/m1/s1. The average Bonchev–Trinajstić information content (AvgIpc) is 2.36. The van der Waals surface area contributed by atoms with E-state index in [0.717, 1.165) is 12.1 Å². The highest BCUT2D eigenvalue weighted by atomic mass is 16.3. The number of nitrogens with two attached hydrogens (primary N) is 1. The van der Waals surface area contributed by atoms with Crippen LogP contribution in [0, 0.1) is 5.41 Å². The summed E-state index contributed by atoms with van der Waals surface area (Å²) in [4.78, 5) is 11.9. The molecule has 0 saturated heterocycles. The van der Waals surface area contributed by atoms with E-state index in [1.165, 1.54) is 19.3 Å². The van der Waals surface area contributed by atoms with Gasteiger partial charge in [0.15, 0.2) is 0 Å². The Morgan fingerprint density at radius 3 is 2.58 bits per heavy atom. The van der Waals surface area contributed by atoms with E-state index in [1.54, 1.807) is 24.3 Å². The fourth-order valence-corrected chi connectivity index (χ4v) is 2.37. The molecule has 4 heteroatoms. The van der Waals surface area contributed by atoms with E-state index in [9.17, 15) is 9.90 Å². The van der Waals surface area contributed by atoms with Crippen molar-refractivity contribution in [2.75, 3.05) is 6.54 Å². The summed E-state index contributed by atoms with van der Waals surface area (Å²) in [5.41, 5.74) is 7.13. The van der Waals surface area contributed by atoms with Crippen LogP contribution >= 0.6 is 0 Å². The molecular formula is C15H22N2O2. The second kappa shape index (κ2) is 5.61. The molecule has 1 atom stereocenters. The van der Waals surface area contributed by atoms with Crippen LogP contribution in [0.5, 0.6) is 5.75 Å². The topological polar surface area (TPSA) is 75.4 Å². The Bertz CT molecular complexity index is 438. The number of rotatable bonds is 5. The van der Waals surface area contributed by atoms with E-state index in [2.05, 4.69) is 12.2 Å². The first-order chi connectivity index (χ1) is 8.98. The van der Waals surface area contributed by atoms with E-state index in [4.69, 9.17) is 5.73 Å². The molecule has 1 aromatic carbocycles. The minimum atomic E-state index is -0.534. The first-order valence-corrected chi connectivity index (χ1v) is 6.80. The molecule has 1 amide bonds. The molecule has 104 valence electrons. The van der Waals surface area contributed by atoms with Gasteiger partial charge < -0.3 is 16.2 Å². The van der Waals surface area contributed by atoms with Gasteiger partial charge in [-0.15, -0.1) is 0 Å². The second-order valence-corrected chi connectivity index (χ2v) is 5.86. The molecule has 1 aliphatic carbocycles. The van der Waals surface area contributed by atoms with Gasteiger partial charge in [-0.05, 0) is 42.4 Å². The van der Waals surface area contributed by atoms with E-state index < -0.39 is 6.04 Å². The van der Waals surface area contributed by atoms with Crippen LogP contribution in [-0.4, -0.2) is 23.6 Å². The van der Waals surface area contributed by atoms with Crippen molar-refractivity contribution in [2.45, 2.75) is 38.6 Å². The largest absolute Gasteiger partial charge is 0.508 e. The Balaban J connectivity index is 1.80. The molecule has 0 bridgehead atoms. The zero-order chi connectivity index (χ0) is 13.9. The number of hydrogen-bond acceptors (Lipinski definition) is 3. The van der Waals surface area contributed by atoms with Crippen molar-refractivity contribution in [3.8, 4) is 5.75 Å². The van der Waals surface area contributed by atoms with Crippen molar-refractivity contribution in [1.29, 1.82) is 0 Å². The molecule has 4 nitrogen and oxygen atoms in total. The van der Waals surface area contributed by atoms with Gasteiger partial charge in [-0.2, -0.15) is 0 Å². The zero-order valence-electron chi connectivity index (χ0n) is 11.4. The van der Waals surface area contributed by atoms with Gasteiger partial charge in [0.25, 0.3) is 0 Å². The fourth-order valence-electron chi connectivity index (χ4n) is 2.37. The number of benzene rings is 1. The number of carbonyl (C=O) groups is 1. The molecule has 0 radical (unpaired) electrons. The van der Waals surface area contributed by atoms with Crippen LogP contribution in [-0.2, 0) is 11.2 Å².